The number of hydrogen-bond donors (Lipinski definition) is 2. The molecule has 0 aliphatic heterocycles. The van der Waals surface area contributed by atoms with Gasteiger partial charge in [-0.25, -0.2) is 9.18 Å². The molecule has 0 rings (SSSR count). The molecule has 5 heteroatoms. The summed E-state index contributed by atoms with van der Waals surface area (Å²) < 4.78 is 17.2. The lowest BCUT2D eigenvalue weighted by Crippen LogP contribution is -2.36. The van der Waals surface area contributed by atoms with Crippen molar-refractivity contribution in [3.05, 3.63) is 0 Å². The Bertz CT molecular complexity index is 167. The van der Waals surface area contributed by atoms with E-state index in [-0.39, 0.29) is 6.54 Å². The maximum atomic E-state index is 12.4. The lowest BCUT2D eigenvalue weighted by Gasteiger charge is -2.19. The van der Waals surface area contributed by atoms with Crippen LogP contribution in [0.15, 0.2) is 0 Å². The zero-order valence-corrected chi connectivity index (χ0v) is 8.13. The first kappa shape index (κ1) is 12.2. The van der Waals surface area contributed by atoms with E-state index in [1.807, 2.05) is 0 Å². The second-order valence-electron chi connectivity index (χ2n) is 3.66. The largest absolute Gasteiger partial charge is 0.444 e. The highest BCUT2D eigenvalue weighted by Crippen LogP contribution is 2.06. The second-order valence-corrected chi connectivity index (χ2v) is 3.66. The number of aliphatic hydroxyl groups excluding tert-OH is 1. The molecule has 1 amide bonds. The lowest BCUT2D eigenvalue weighted by atomic mass is 10.2. The summed E-state index contributed by atoms with van der Waals surface area (Å²) >= 11 is 0. The van der Waals surface area contributed by atoms with Gasteiger partial charge in [0.15, 0.2) is 0 Å². The SMILES string of the molecule is CC(C)(C)OC(=O)NC[C@H](F)CO. The van der Waals surface area contributed by atoms with Crippen LogP contribution in [0.1, 0.15) is 20.8 Å². The Morgan fingerprint density at radius 2 is 2.15 bits per heavy atom. The number of nitrogens with one attached hydrogen (secondary N) is 1. The van der Waals surface area contributed by atoms with Gasteiger partial charge in [-0.15, -0.1) is 0 Å². The van der Waals surface area contributed by atoms with Crippen molar-refractivity contribution in [3.63, 3.8) is 0 Å². The van der Waals surface area contributed by atoms with E-state index in [2.05, 4.69) is 5.32 Å². The number of hydrogen-bond acceptors (Lipinski definition) is 3. The molecule has 0 aromatic heterocycles. The molecule has 0 saturated carbocycles. The van der Waals surface area contributed by atoms with Gasteiger partial charge in [0.05, 0.1) is 13.2 Å². The van der Waals surface area contributed by atoms with Gasteiger partial charge >= 0.3 is 6.09 Å². The molecule has 1 atom stereocenters. The van der Waals surface area contributed by atoms with Crippen LogP contribution in [0.2, 0.25) is 0 Å². The molecule has 0 saturated heterocycles. The van der Waals surface area contributed by atoms with Crippen molar-refractivity contribution in [2.24, 2.45) is 0 Å². The maximum Gasteiger partial charge on any atom is 0.407 e. The van der Waals surface area contributed by atoms with Crippen molar-refractivity contribution in [2.45, 2.75) is 32.5 Å². The minimum atomic E-state index is -1.44. The minimum absolute atomic E-state index is 0.231. The average molecular weight is 193 g/mol. The van der Waals surface area contributed by atoms with Crippen LogP contribution in [0, 0.1) is 0 Å². The summed E-state index contributed by atoms with van der Waals surface area (Å²) in [6.07, 6.45) is -2.11. The summed E-state index contributed by atoms with van der Waals surface area (Å²) in [6, 6.07) is 0. The van der Waals surface area contributed by atoms with Gasteiger partial charge in [-0.3, -0.25) is 0 Å². The van der Waals surface area contributed by atoms with Gasteiger partial charge in [0.25, 0.3) is 0 Å². The molecule has 0 bridgehead atoms. The molecule has 0 radical (unpaired) electrons. The zero-order valence-electron chi connectivity index (χ0n) is 8.13. The van der Waals surface area contributed by atoms with E-state index in [0.717, 1.165) is 0 Å². The molecule has 2 N–H and O–H groups in total. The van der Waals surface area contributed by atoms with E-state index in [1.54, 1.807) is 20.8 Å². The van der Waals surface area contributed by atoms with Gasteiger partial charge in [0, 0.05) is 0 Å². The Morgan fingerprint density at radius 3 is 2.54 bits per heavy atom. The predicted molar refractivity (Wildman–Crippen MR) is 46.2 cm³/mol. The van der Waals surface area contributed by atoms with E-state index in [4.69, 9.17) is 9.84 Å². The van der Waals surface area contributed by atoms with Crippen LogP contribution in [-0.2, 0) is 4.74 Å². The Labute approximate surface area is 77.1 Å². The fourth-order valence-corrected chi connectivity index (χ4v) is 0.573. The number of alkyl carbamates (subject to hydrolysis) is 1. The lowest BCUT2D eigenvalue weighted by molar-refractivity contribution is 0.0503. The topological polar surface area (TPSA) is 58.6 Å². The second kappa shape index (κ2) is 5.01. The molecule has 0 aliphatic rings. The van der Waals surface area contributed by atoms with Crippen molar-refractivity contribution in [1.82, 2.24) is 5.32 Å². The molecule has 0 unspecified atom stereocenters. The molecule has 0 aromatic rings. The van der Waals surface area contributed by atoms with Crippen molar-refractivity contribution >= 4 is 6.09 Å². The molecule has 0 heterocycles. The van der Waals surface area contributed by atoms with E-state index < -0.39 is 24.5 Å². The number of aliphatic hydroxyl groups is 1. The summed E-state index contributed by atoms with van der Waals surface area (Å²) in [7, 11) is 0. The van der Waals surface area contributed by atoms with Gasteiger partial charge in [-0.1, -0.05) is 0 Å². The number of carbonyl (C=O) groups is 1. The molecule has 0 fully saturated rings. The van der Waals surface area contributed by atoms with E-state index in [1.165, 1.54) is 0 Å². The van der Waals surface area contributed by atoms with Crippen LogP contribution in [0.3, 0.4) is 0 Å². The molecule has 0 aromatic carbocycles. The quantitative estimate of drug-likeness (QED) is 0.698. The van der Waals surface area contributed by atoms with Crippen LogP contribution in [0.25, 0.3) is 0 Å². The van der Waals surface area contributed by atoms with Gasteiger partial charge in [-0.2, -0.15) is 0 Å². The summed E-state index contributed by atoms with van der Waals surface area (Å²) in [5.41, 5.74) is -0.588. The van der Waals surface area contributed by atoms with Gasteiger partial charge < -0.3 is 15.2 Å². The molecular weight excluding hydrogens is 177 g/mol. The molecule has 0 spiro atoms. The van der Waals surface area contributed by atoms with Gasteiger partial charge in [0.2, 0.25) is 0 Å². The highest BCUT2D eigenvalue weighted by Gasteiger charge is 2.16. The number of amides is 1. The number of halogens is 1. The van der Waals surface area contributed by atoms with Crippen LogP contribution in [0.5, 0.6) is 0 Å². The van der Waals surface area contributed by atoms with E-state index in [9.17, 15) is 9.18 Å². The third-order valence-corrected chi connectivity index (χ3v) is 1.06. The number of carbonyl (C=O) groups excluding carboxylic acids is 1. The maximum absolute atomic E-state index is 12.4. The standard InChI is InChI=1S/C8H16FNO3/c1-8(2,3)13-7(12)10-4-6(9)5-11/h6,11H,4-5H2,1-3H3,(H,10,12)/t6-/m0/s1. The minimum Gasteiger partial charge on any atom is -0.444 e. The predicted octanol–water partition coefficient (Wildman–Crippen LogP) is 0.841. The van der Waals surface area contributed by atoms with Crippen molar-refractivity contribution in [2.75, 3.05) is 13.2 Å². The fourth-order valence-electron chi connectivity index (χ4n) is 0.573. The normalized spacial score (nSPS) is 13.6. The van der Waals surface area contributed by atoms with E-state index in [0.29, 0.717) is 0 Å². The number of alkyl halides is 1. The van der Waals surface area contributed by atoms with Crippen LogP contribution >= 0.6 is 0 Å². The Balaban J connectivity index is 3.64. The molecule has 0 aliphatic carbocycles. The number of rotatable bonds is 3. The Hall–Kier alpha value is -0.840. The van der Waals surface area contributed by atoms with Gasteiger partial charge in [0.1, 0.15) is 11.8 Å². The zero-order chi connectivity index (χ0) is 10.5. The average Bonchev–Trinajstić information content (AvgIpc) is 1.97. The highest BCUT2D eigenvalue weighted by molar-refractivity contribution is 5.67. The summed E-state index contributed by atoms with van der Waals surface area (Å²) in [5.74, 6) is 0. The fraction of sp³-hybridized carbons (Fsp3) is 0.875. The monoisotopic (exact) mass is 193 g/mol. The first-order chi connectivity index (χ1) is 5.85. The van der Waals surface area contributed by atoms with Gasteiger partial charge in [-0.05, 0) is 20.8 Å². The van der Waals surface area contributed by atoms with Crippen molar-refractivity contribution in [1.29, 1.82) is 0 Å². The summed E-state index contributed by atoms with van der Waals surface area (Å²) in [5, 5.41) is 10.5. The smallest absolute Gasteiger partial charge is 0.407 e. The van der Waals surface area contributed by atoms with Crippen molar-refractivity contribution in [3.8, 4) is 0 Å². The highest BCUT2D eigenvalue weighted by atomic mass is 19.1. The Morgan fingerprint density at radius 1 is 1.62 bits per heavy atom. The third-order valence-electron chi connectivity index (χ3n) is 1.06. The van der Waals surface area contributed by atoms with Crippen LogP contribution in [-0.4, -0.2) is 36.1 Å². The molecule has 13 heavy (non-hydrogen) atoms. The molecule has 78 valence electrons. The Kier molecular flexibility index (Phi) is 4.69. The van der Waals surface area contributed by atoms with Crippen LogP contribution in [0.4, 0.5) is 9.18 Å². The first-order valence-electron chi connectivity index (χ1n) is 4.07. The third kappa shape index (κ3) is 7.52. The van der Waals surface area contributed by atoms with E-state index >= 15 is 0 Å². The summed E-state index contributed by atoms with van der Waals surface area (Å²) in [4.78, 5) is 10.9. The van der Waals surface area contributed by atoms with Crippen molar-refractivity contribution < 1.29 is 19.0 Å². The summed E-state index contributed by atoms with van der Waals surface area (Å²) in [6.45, 7) is 4.31. The van der Waals surface area contributed by atoms with Crippen LogP contribution < -0.4 is 5.32 Å². The number of ether oxygens (including phenoxy) is 1. The molecular formula is C8H16FNO3. The first-order valence-corrected chi connectivity index (χ1v) is 4.07. The molecule has 4 nitrogen and oxygen atoms in total.